The third-order valence-electron chi connectivity index (χ3n) is 11.7. The predicted octanol–water partition coefficient (Wildman–Crippen LogP) is 10.8. The Kier molecular flexibility index (Phi) is 38.0. The molecule has 0 aromatic heterocycles. The Morgan fingerprint density at radius 2 is 0.966 bits per heavy atom. The van der Waals surface area contributed by atoms with Gasteiger partial charge in [0.15, 0.2) is 6.29 Å². The number of carbonyl (C=O) groups is 1. The van der Waals surface area contributed by atoms with E-state index in [0.29, 0.717) is 6.42 Å². The average molecular weight is 836 g/mol. The highest BCUT2D eigenvalue weighted by atomic mass is 16.7. The molecule has 0 aromatic carbocycles. The van der Waals surface area contributed by atoms with Crippen LogP contribution in [0.4, 0.5) is 0 Å². The normalized spacial score (nSPS) is 21.0. The second-order valence-corrected chi connectivity index (χ2v) is 17.2. The van der Waals surface area contributed by atoms with Crippen LogP contribution in [-0.4, -0.2) is 87.5 Å². The first kappa shape index (κ1) is 55.4. The van der Waals surface area contributed by atoms with E-state index in [1.807, 2.05) is 6.08 Å². The van der Waals surface area contributed by atoms with Gasteiger partial charge in [-0.25, -0.2) is 0 Å². The van der Waals surface area contributed by atoms with Gasteiger partial charge in [0.2, 0.25) is 5.91 Å². The molecule has 1 rings (SSSR count). The van der Waals surface area contributed by atoms with E-state index < -0.39 is 49.5 Å². The molecule has 1 aliphatic heterocycles. The van der Waals surface area contributed by atoms with Gasteiger partial charge in [-0.05, 0) is 57.8 Å². The van der Waals surface area contributed by atoms with E-state index in [2.05, 4.69) is 43.5 Å². The van der Waals surface area contributed by atoms with Crippen molar-refractivity contribution in [3.8, 4) is 0 Å². The van der Waals surface area contributed by atoms with Gasteiger partial charge in [-0.3, -0.25) is 4.79 Å². The van der Waals surface area contributed by atoms with E-state index in [1.165, 1.54) is 161 Å². The van der Waals surface area contributed by atoms with E-state index in [4.69, 9.17) is 9.47 Å². The Bertz CT molecular complexity index is 1020. The molecular weight excluding hydrogens is 743 g/mol. The zero-order valence-corrected chi connectivity index (χ0v) is 38.0. The van der Waals surface area contributed by atoms with Crippen molar-refractivity contribution in [3.05, 3.63) is 36.5 Å². The molecule has 9 nitrogen and oxygen atoms in total. The maximum absolute atomic E-state index is 13.0. The lowest BCUT2D eigenvalue weighted by molar-refractivity contribution is -0.302. The highest BCUT2D eigenvalue weighted by molar-refractivity contribution is 5.76. The van der Waals surface area contributed by atoms with Crippen LogP contribution in [0.2, 0.25) is 0 Å². The van der Waals surface area contributed by atoms with Crippen LogP contribution in [0.1, 0.15) is 219 Å². The minimum atomic E-state index is -1.57. The lowest BCUT2D eigenvalue weighted by Crippen LogP contribution is -2.60. The molecule has 0 bridgehead atoms. The van der Waals surface area contributed by atoms with Gasteiger partial charge in [0.1, 0.15) is 24.4 Å². The maximum Gasteiger partial charge on any atom is 0.220 e. The molecule has 0 saturated carbocycles. The quantitative estimate of drug-likeness (QED) is 0.0263. The molecule has 0 radical (unpaired) electrons. The summed E-state index contributed by atoms with van der Waals surface area (Å²) in [6.45, 7) is 3.73. The lowest BCUT2D eigenvalue weighted by Gasteiger charge is -2.40. The lowest BCUT2D eigenvalue weighted by atomic mass is 9.99. The molecular formula is C50H93NO8. The number of aliphatic hydroxyl groups is 5. The molecule has 1 aliphatic rings. The van der Waals surface area contributed by atoms with Crippen molar-refractivity contribution in [1.82, 2.24) is 5.32 Å². The predicted molar refractivity (Wildman–Crippen MR) is 244 cm³/mol. The zero-order chi connectivity index (χ0) is 43.0. The van der Waals surface area contributed by atoms with Crippen molar-refractivity contribution in [2.24, 2.45) is 0 Å². The van der Waals surface area contributed by atoms with Gasteiger partial charge in [0, 0.05) is 6.42 Å². The molecule has 1 heterocycles. The number of ether oxygens (including phenoxy) is 2. The number of allylic oxidation sites excluding steroid dienone is 5. The number of hydrogen-bond donors (Lipinski definition) is 6. The van der Waals surface area contributed by atoms with E-state index in [1.54, 1.807) is 6.08 Å². The number of hydrogen-bond acceptors (Lipinski definition) is 8. The molecule has 0 aromatic rings. The summed E-state index contributed by atoms with van der Waals surface area (Å²) in [5.74, 6) is -0.188. The number of nitrogens with one attached hydrogen (secondary N) is 1. The fourth-order valence-electron chi connectivity index (χ4n) is 7.70. The third kappa shape index (κ3) is 31.0. The number of rotatable bonds is 41. The first-order valence-electron chi connectivity index (χ1n) is 24.7. The summed E-state index contributed by atoms with van der Waals surface area (Å²) in [6.07, 6.45) is 43.5. The average Bonchev–Trinajstić information content (AvgIpc) is 3.23. The molecule has 6 N–H and O–H groups in total. The zero-order valence-electron chi connectivity index (χ0n) is 38.0. The molecule has 7 unspecified atom stereocenters. The Hall–Kier alpha value is -1.59. The van der Waals surface area contributed by atoms with E-state index in [0.717, 1.165) is 38.5 Å². The Morgan fingerprint density at radius 3 is 1.42 bits per heavy atom. The second kappa shape index (κ2) is 40.5. The smallest absolute Gasteiger partial charge is 0.220 e. The van der Waals surface area contributed by atoms with Gasteiger partial charge in [0.25, 0.3) is 0 Å². The van der Waals surface area contributed by atoms with Crippen molar-refractivity contribution < 1.29 is 39.8 Å². The Labute approximate surface area is 361 Å². The van der Waals surface area contributed by atoms with Gasteiger partial charge in [0.05, 0.1) is 25.4 Å². The Morgan fingerprint density at radius 1 is 0.559 bits per heavy atom. The monoisotopic (exact) mass is 836 g/mol. The van der Waals surface area contributed by atoms with Crippen LogP contribution in [-0.2, 0) is 14.3 Å². The summed E-state index contributed by atoms with van der Waals surface area (Å²) in [7, 11) is 0. The third-order valence-corrected chi connectivity index (χ3v) is 11.7. The number of amides is 1. The number of aliphatic hydroxyl groups excluding tert-OH is 5. The number of carbonyl (C=O) groups excluding carboxylic acids is 1. The molecule has 0 aliphatic carbocycles. The van der Waals surface area contributed by atoms with Gasteiger partial charge in [-0.15, -0.1) is 0 Å². The van der Waals surface area contributed by atoms with E-state index in [-0.39, 0.29) is 12.5 Å². The van der Waals surface area contributed by atoms with Gasteiger partial charge in [-0.1, -0.05) is 192 Å². The van der Waals surface area contributed by atoms with Gasteiger partial charge < -0.3 is 40.3 Å². The van der Waals surface area contributed by atoms with Crippen LogP contribution in [0.25, 0.3) is 0 Å². The fraction of sp³-hybridized carbons (Fsp3) is 0.860. The fourth-order valence-corrected chi connectivity index (χ4v) is 7.70. The van der Waals surface area contributed by atoms with Crippen molar-refractivity contribution in [1.29, 1.82) is 0 Å². The SMILES string of the molecule is CCCCCCC/C=C/CC/C=C/C(O)C(COC1OC(CO)C(O)C(O)C1O)NC(=O)CCCCCCCCCCCCCCC/C=C\CCCCCCCCCC. The van der Waals surface area contributed by atoms with Crippen molar-refractivity contribution in [2.75, 3.05) is 13.2 Å². The maximum atomic E-state index is 13.0. The highest BCUT2D eigenvalue weighted by Gasteiger charge is 2.44. The van der Waals surface area contributed by atoms with Crippen molar-refractivity contribution in [3.63, 3.8) is 0 Å². The summed E-state index contributed by atoms with van der Waals surface area (Å²) in [5.41, 5.74) is 0. The van der Waals surface area contributed by atoms with E-state index >= 15 is 0 Å². The molecule has 59 heavy (non-hydrogen) atoms. The van der Waals surface area contributed by atoms with Crippen LogP contribution < -0.4 is 5.32 Å². The van der Waals surface area contributed by atoms with Crippen LogP contribution in [0, 0.1) is 0 Å². The van der Waals surface area contributed by atoms with Crippen LogP contribution in [0.3, 0.4) is 0 Å². The minimum Gasteiger partial charge on any atom is -0.394 e. The molecule has 7 atom stereocenters. The van der Waals surface area contributed by atoms with Gasteiger partial charge >= 0.3 is 0 Å². The van der Waals surface area contributed by atoms with Gasteiger partial charge in [-0.2, -0.15) is 0 Å². The van der Waals surface area contributed by atoms with Crippen LogP contribution >= 0.6 is 0 Å². The van der Waals surface area contributed by atoms with Crippen LogP contribution in [0.5, 0.6) is 0 Å². The minimum absolute atomic E-state index is 0.188. The molecule has 9 heteroatoms. The Balaban J connectivity index is 2.23. The largest absolute Gasteiger partial charge is 0.394 e. The molecule has 1 saturated heterocycles. The first-order chi connectivity index (χ1) is 28.8. The van der Waals surface area contributed by atoms with Crippen molar-refractivity contribution in [2.45, 2.75) is 262 Å². The molecule has 1 fully saturated rings. The summed E-state index contributed by atoms with van der Waals surface area (Å²) >= 11 is 0. The summed E-state index contributed by atoms with van der Waals surface area (Å²) in [6, 6.07) is -0.818. The first-order valence-corrected chi connectivity index (χ1v) is 24.7. The standard InChI is InChI=1S/C50H93NO8/c1-3-5-7-9-11-13-15-16-17-18-19-20-21-22-23-24-25-26-27-28-30-32-34-36-38-40-46(54)51-43(42-58-50-49(57)48(56)47(55)45(41-52)59-50)44(53)39-37-35-33-31-29-14-12-10-8-6-4-2/h18-19,29,31,37,39,43-45,47-50,52-53,55-57H,3-17,20-28,30,32-36,38,40-42H2,1-2H3,(H,51,54)/b19-18-,31-29+,39-37+. The molecule has 1 amide bonds. The summed E-state index contributed by atoms with van der Waals surface area (Å²) in [4.78, 5) is 13.0. The number of unbranched alkanes of at least 4 members (excludes halogenated alkanes) is 27. The summed E-state index contributed by atoms with van der Waals surface area (Å²) in [5, 5.41) is 54.1. The second-order valence-electron chi connectivity index (χ2n) is 17.2. The van der Waals surface area contributed by atoms with Crippen molar-refractivity contribution >= 4 is 5.91 Å². The molecule has 0 spiro atoms. The van der Waals surface area contributed by atoms with E-state index in [9.17, 15) is 30.3 Å². The highest BCUT2D eigenvalue weighted by Crippen LogP contribution is 2.23. The van der Waals surface area contributed by atoms with Crippen LogP contribution in [0.15, 0.2) is 36.5 Å². The topological polar surface area (TPSA) is 149 Å². The summed E-state index contributed by atoms with van der Waals surface area (Å²) < 4.78 is 11.2. The molecule has 346 valence electrons.